The highest BCUT2D eigenvalue weighted by Crippen LogP contribution is 2.28. The van der Waals surface area contributed by atoms with Crippen LogP contribution >= 0.6 is 11.8 Å². The van der Waals surface area contributed by atoms with E-state index < -0.39 is 0 Å². The van der Waals surface area contributed by atoms with Gasteiger partial charge in [0, 0.05) is 31.4 Å². The molecule has 0 radical (unpaired) electrons. The summed E-state index contributed by atoms with van der Waals surface area (Å²) in [5.41, 5.74) is 1.50. The number of methoxy groups -OCH3 is 3. The van der Waals surface area contributed by atoms with Crippen molar-refractivity contribution in [1.29, 1.82) is 0 Å². The maximum Gasteiger partial charge on any atom is 0.191 e. The largest absolute Gasteiger partial charge is 0.497 e. The van der Waals surface area contributed by atoms with E-state index in [1.165, 1.54) is 18.9 Å². The van der Waals surface area contributed by atoms with Crippen molar-refractivity contribution in [2.75, 3.05) is 27.1 Å². The Balaban J connectivity index is 1.57. The first-order valence-corrected chi connectivity index (χ1v) is 11.9. The Morgan fingerprint density at radius 1 is 0.941 bits per heavy atom. The lowest BCUT2D eigenvalue weighted by molar-refractivity contribution is -0.116. The van der Waals surface area contributed by atoms with E-state index >= 15 is 0 Å². The van der Waals surface area contributed by atoms with Crippen molar-refractivity contribution in [1.82, 2.24) is 14.8 Å². The standard InChI is InChI=1S/C25H29N3O5S/c1-5-28-24(13-11-21(30)18-8-12-22(32-3)23(15-18)33-4)26-27-25(28)34-16-19(29)14-17-6-9-20(31-2)10-7-17/h6-10,12,15H,5,11,13-14,16H2,1-4H3. The summed E-state index contributed by atoms with van der Waals surface area (Å²) in [7, 11) is 4.71. The summed E-state index contributed by atoms with van der Waals surface area (Å²) in [5, 5.41) is 9.19. The van der Waals surface area contributed by atoms with Gasteiger partial charge in [0.1, 0.15) is 17.4 Å². The second kappa shape index (κ2) is 12.2. The Hall–Kier alpha value is -3.33. The Morgan fingerprint density at radius 3 is 2.32 bits per heavy atom. The number of thioether (sulfide) groups is 1. The summed E-state index contributed by atoms with van der Waals surface area (Å²) in [6.45, 7) is 2.65. The number of ketones is 2. The molecule has 0 spiro atoms. The Kier molecular flexibility index (Phi) is 9.09. The molecule has 3 rings (SSSR count). The minimum atomic E-state index is -0.0181. The molecule has 0 amide bonds. The number of nitrogens with zero attached hydrogens (tertiary/aromatic N) is 3. The zero-order valence-electron chi connectivity index (χ0n) is 19.9. The van der Waals surface area contributed by atoms with Gasteiger partial charge < -0.3 is 18.8 Å². The highest BCUT2D eigenvalue weighted by Gasteiger charge is 2.16. The van der Waals surface area contributed by atoms with Crippen molar-refractivity contribution in [2.45, 2.75) is 37.9 Å². The molecule has 0 aliphatic rings. The smallest absolute Gasteiger partial charge is 0.191 e. The molecule has 3 aromatic rings. The number of aromatic nitrogens is 3. The van der Waals surface area contributed by atoms with Crippen LogP contribution in [0.15, 0.2) is 47.6 Å². The molecule has 8 nitrogen and oxygen atoms in total. The van der Waals surface area contributed by atoms with Crippen LogP contribution in [0.3, 0.4) is 0 Å². The van der Waals surface area contributed by atoms with Gasteiger partial charge in [-0.05, 0) is 42.8 Å². The van der Waals surface area contributed by atoms with Gasteiger partial charge in [0.05, 0.1) is 27.1 Å². The average Bonchev–Trinajstić information content (AvgIpc) is 3.27. The molecule has 2 aromatic carbocycles. The molecule has 0 saturated heterocycles. The number of benzene rings is 2. The van der Waals surface area contributed by atoms with Crippen LogP contribution in [0.2, 0.25) is 0 Å². The average molecular weight is 484 g/mol. The highest BCUT2D eigenvalue weighted by molar-refractivity contribution is 7.99. The van der Waals surface area contributed by atoms with E-state index in [1.807, 2.05) is 35.8 Å². The molecule has 0 bridgehead atoms. The topological polar surface area (TPSA) is 92.5 Å². The molecule has 1 heterocycles. The van der Waals surface area contributed by atoms with Crippen LogP contribution in [0.1, 0.15) is 35.1 Å². The number of ether oxygens (including phenoxy) is 3. The lowest BCUT2D eigenvalue weighted by atomic mass is 10.1. The van der Waals surface area contributed by atoms with Gasteiger partial charge in [-0.2, -0.15) is 0 Å². The maximum atomic E-state index is 12.7. The van der Waals surface area contributed by atoms with Crippen LogP contribution in [0.25, 0.3) is 0 Å². The summed E-state index contributed by atoms with van der Waals surface area (Å²) in [4.78, 5) is 25.2. The summed E-state index contributed by atoms with van der Waals surface area (Å²) in [6.07, 6.45) is 1.09. The molecule has 0 atom stereocenters. The van der Waals surface area contributed by atoms with Crippen molar-refractivity contribution in [2.24, 2.45) is 0 Å². The molecule has 0 aliphatic heterocycles. The number of Topliss-reactive ketones (excluding diaryl/α,β-unsaturated/α-hetero) is 2. The van der Waals surface area contributed by atoms with Crippen molar-refractivity contribution in [3.63, 3.8) is 0 Å². The zero-order valence-corrected chi connectivity index (χ0v) is 20.7. The first kappa shape index (κ1) is 25.3. The minimum Gasteiger partial charge on any atom is -0.497 e. The van der Waals surface area contributed by atoms with Gasteiger partial charge in [-0.15, -0.1) is 10.2 Å². The van der Waals surface area contributed by atoms with Crippen LogP contribution in [-0.4, -0.2) is 53.4 Å². The van der Waals surface area contributed by atoms with Crippen LogP contribution < -0.4 is 14.2 Å². The SMILES string of the molecule is CCn1c(CCC(=O)c2ccc(OC)c(OC)c2)nnc1SCC(=O)Cc1ccc(OC)cc1. The van der Waals surface area contributed by atoms with E-state index in [0.29, 0.717) is 47.4 Å². The van der Waals surface area contributed by atoms with Crippen molar-refractivity contribution >= 4 is 23.3 Å². The van der Waals surface area contributed by atoms with Gasteiger partial charge >= 0.3 is 0 Å². The third kappa shape index (κ3) is 6.38. The summed E-state index contributed by atoms with van der Waals surface area (Å²) in [6, 6.07) is 12.6. The second-order valence-corrected chi connectivity index (χ2v) is 8.43. The fourth-order valence-corrected chi connectivity index (χ4v) is 4.36. The molecule has 0 N–H and O–H groups in total. The molecule has 0 aliphatic carbocycles. The van der Waals surface area contributed by atoms with Crippen LogP contribution in [0, 0.1) is 0 Å². The van der Waals surface area contributed by atoms with Gasteiger partial charge in [0.25, 0.3) is 0 Å². The van der Waals surface area contributed by atoms with Crippen LogP contribution in [-0.2, 0) is 24.2 Å². The first-order chi connectivity index (χ1) is 16.5. The fourth-order valence-electron chi connectivity index (χ4n) is 3.47. The van der Waals surface area contributed by atoms with Crippen molar-refractivity contribution in [3.05, 3.63) is 59.4 Å². The Morgan fingerprint density at radius 2 is 1.68 bits per heavy atom. The number of carbonyl (C=O) groups is 2. The second-order valence-electron chi connectivity index (χ2n) is 7.49. The van der Waals surface area contributed by atoms with Gasteiger partial charge in [-0.25, -0.2) is 0 Å². The van der Waals surface area contributed by atoms with Gasteiger partial charge in [0.15, 0.2) is 22.4 Å². The Bertz CT molecular complexity index is 1130. The number of hydrogen-bond donors (Lipinski definition) is 0. The lowest BCUT2D eigenvalue weighted by Gasteiger charge is -2.09. The van der Waals surface area contributed by atoms with Gasteiger partial charge in [0.2, 0.25) is 0 Å². The molecule has 34 heavy (non-hydrogen) atoms. The summed E-state index contributed by atoms with van der Waals surface area (Å²) >= 11 is 1.37. The summed E-state index contributed by atoms with van der Waals surface area (Å²) in [5.74, 6) is 2.96. The molecule has 0 fully saturated rings. The first-order valence-electron chi connectivity index (χ1n) is 10.9. The van der Waals surface area contributed by atoms with E-state index in [4.69, 9.17) is 14.2 Å². The molecule has 9 heteroatoms. The van der Waals surface area contributed by atoms with Gasteiger partial charge in [-0.1, -0.05) is 23.9 Å². The molecule has 1 aromatic heterocycles. The Labute approximate surface area is 203 Å². The van der Waals surface area contributed by atoms with E-state index in [2.05, 4.69) is 10.2 Å². The quantitative estimate of drug-likeness (QED) is 0.266. The van der Waals surface area contributed by atoms with Crippen LogP contribution in [0.4, 0.5) is 0 Å². The zero-order chi connectivity index (χ0) is 24.5. The molecular weight excluding hydrogens is 454 g/mol. The fraction of sp³-hybridized carbons (Fsp3) is 0.360. The molecule has 0 saturated carbocycles. The monoisotopic (exact) mass is 483 g/mol. The van der Waals surface area contributed by atoms with Crippen molar-refractivity contribution < 1.29 is 23.8 Å². The predicted molar refractivity (Wildman–Crippen MR) is 130 cm³/mol. The number of rotatable bonds is 13. The predicted octanol–water partition coefficient (Wildman–Crippen LogP) is 4.04. The highest BCUT2D eigenvalue weighted by atomic mass is 32.2. The molecule has 180 valence electrons. The van der Waals surface area contributed by atoms with E-state index in [0.717, 1.165) is 17.1 Å². The number of aryl methyl sites for hydroxylation is 1. The third-order valence-electron chi connectivity index (χ3n) is 5.31. The normalized spacial score (nSPS) is 10.7. The van der Waals surface area contributed by atoms with E-state index in [-0.39, 0.29) is 18.0 Å². The maximum absolute atomic E-state index is 12.7. The lowest BCUT2D eigenvalue weighted by Crippen LogP contribution is -2.09. The number of carbonyl (C=O) groups excluding carboxylic acids is 2. The third-order valence-corrected chi connectivity index (χ3v) is 6.34. The van der Waals surface area contributed by atoms with Crippen molar-refractivity contribution in [3.8, 4) is 17.2 Å². The van der Waals surface area contributed by atoms with Gasteiger partial charge in [-0.3, -0.25) is 9.59 Å². The molecule has 0 unspecified atom stereocenters. The molecular formula is C25H29N3O5S. The minimum absolute atomic E-state index is 0.0181. The number of hydrogen-bond acceptors (Lipinski definition) is 8. The van der Waals surface area contributed by atoms with Crippen LogP contribution in [0.5, 0.6) is 17.2 Å². The van der Waals surface area contributed by atoms with E-state index in [9.17, 15) is 9.59 Å². The van der Waals surface area contributed by atoms with E-state index in [1.54, 1.807) is 32.4 Å². The summed E-state index contributed by atoms with van der Waals surface area (Å²) < 4.78 is 17.6.